The number of benzene rings is 2. The van der Waals surface area contributed by atoms with Crippen LogP contribution in [0, 0.1) is 0 Å². The molecule has 0 bridgehead atoms. The fourth-order valence-electron chi connectivity index (χ4n) is 2.93. The number of rotatable bonds is 9. The van der Waals surface area contributed by atoms with Crippen LogP contribution in [0.3, 0.4) is 0 Å². The molecule has 2 unspecified atom stereocenters. The molecule has 5 nitrogen and oxygen atoms in total. The van der Waals surface area contributed by atoms with E-state index >= 15 is 0 Å². The summed E-state index contributed by atoms with van der Waals surface area (Å²) < 4.78 is 16.5. The SMILES string of the molecule is CCc1ccccc1OC(C)C(=O)NC(CC)c1ccc(OC)c(OC)c1. The number of para-hydroxylation sites is 1. The van der Waals surface area contributed by atoms with Gasteiger partial charge in [0.15, 0.2) is 17.6 Å². The second-order valence-corrected chi connectivity index (χ2v) is 6.31. The minimum Gasteiger partial charge on any atom is -0.493 e. The number of nitrogens with one attached hydrogen (secondary N) is 1. The third-order valence-electron chi connectivity index (χ3n) is 4.56. The number of amides is 1. The van der Waals surface area contributed by atoms with Gasteiger partial charge < -0.3 is 19.5 Å². The molecule has 1 N–H and O–H groups in total. The summed E-state index contributed by atoms with van der Waals surface area (Å²) in [5.41, 5.74) is 2.05. The molecule has 2 rings (SSSR count). The van der Waals surface area contributed by atoms with E-state index in [2.05, 4.69) is 12.2 Å². The highest BCUT2D eigenvalue weighted by molar-refractivity contribution is 5.81. The van der Waals surface area contributed by atoms with Crippen LogP contribution in [-0.4, -0.2) is 26.2 Å². The van der Waals surface area contributed by atoms with Crippen molar-refractivity contribution in [3.05, 3.63) is 53.6 Å². The molecular weight excluding hydrogens is 342 g/mol. The lowest BCUT2D eigenvalue weighted by atomic mass is 10.0. The van der Waals surface area contributed by atoms with Crippen LogP contribution in [0.5, 0.6) is 17.2 Å². The Morgan fingerprint density at radius 2 is 1.70 bits per heavy atom. The molecule has 0 aliphatic heterocycles. The summed E-state index contributed by atoms with van der Waals surface area (Å²) in [7, 11) is 3.20. The predicted octanol–water partition coefficient (Wildman–Crippen LogP) is 4.30. The molecule has 0 spiro atoms. The Labute approximate surface area is 161 Å². The van der Waals surface area contributed by atoms with Crippen LogP contribution < -0.4 is 19.5 Å². The van der Waals surface area contributed by atoms with E-state index in [4.69, 9.17) is 14.2 Å². The topological polar surface area (TPSA) is 56.8 Å². The molecule has 0 saturated heterocycles. The van der Waals surface area contributed by atoms with E-state index in [1.165, 1.54) is 0 Å². The average molecular weight is 371 g/mol. The highest BCUT2D eigenvalue weighted by atomic mass is 16.5. The van der Waals surface area contributed by atoms with Crippen molar-refractivity contribution in [2.75, 3.05) is 14.2 Å². The van der Waals surface area contributed by atoms with Gasteiger partial charge in [-0.2, -0.15) is 0 Å². The lowest BCUT2D eigenvalue weighted by molar-refractivity contribution is -0.128. The van der Waals surface area contributed by atoms with E-state index < -0.39 is 6.10 Å². The van der Waals surface area contributed by atoms with Crippen molar-refractivity contribution in [3.8, 4) is 17.2 Å². The highest BCUT2D eigenvalue weighted by Gasteiger charge is 2.21. The van der Waals surface area contributed by atoms with Crippen molar-refractivity contribution < 1.29 is 19.0 Å². The summed E-state index contributed by atoms with van der Waals surface area (Å²) in [4.78, 5) is 12.7. The molecule has 0 aliphatic carbocycles. The van der Waals surface area contributed by atoms with Crippen molar-refractivity contribution in [3.63, 3.8) is 0 Å². The first-order valence-corrected chi connectivity index (χ1v) is 9.30. The third kappa shape index (κ3) is 5.16. The monoisotopic (exact) mass is 371 g/mol. The van der Waals surface area contributed by atoms with Gasteiger partial charge in [0.1, 0.15) is 5.75 Å². The van der Waals surface area contributed by atoms with Crippen LogP contribution in [0.25, 0.3) is 0 Å². The van der Waals surface area contributed by atoms with Crippen molar-refractivity contribution in [2.24, 2.45) is 0 Å². The molecule has 0 radical (unpaired) electrons. The first kappa shape index (κ1) is 20.6. The van der Waals surface area contributed by atoms with E-state index in [1.807, 2.05) is 49.4 Å². The molecule has 146 valence electrons. The van der Waals surface area contributed by atoms with Crippen LogP contribution in [0.15, 0.2) is 42.5 Å². The van der Waals surface area contributed by atoms with E-state index in [0.29, 0.717) is 11.5 Å². The summed E-state index contributed by atoms with van der Waals surface area (Å²) in [6.45, 7) is 5.86. The van der Waals surface area contributed by atoms with Gasteiger partial charge in [0.25, 0.3) is 5.91 Å². The minimum atomic E-state index is -0.591. The summed E-state index contributed by atoms with van der Waals surface area (Å²) in [5.74, 6) is 1.91. The first-order valence-electron chi connectivity index (χ1n) is 9.30. The van der Waals surface area contributed by atoms with Crippen LogP contribution in [0.2, 0.25) is 0 Å². The largest absolute Gasteiger partial charge is 0.493 e. The van der Waals surface area contributed by atoms with Crippen molar-refractivity contribution in [1.82, 2.24) is 5.32 Å². The molecule has 2 aromatic carbocycles. The Balaban J connectivity index is 2.10. The highest BCUT2D eigenvalue weighted by Crippen LogP contribution is 2.31. The molecule has 0 fully saturated rings. The van der Waals surface area contributed by atoms with Gasteiger partial charge in [-0.15, -0.1) is 0 Å². The number of methoxy groups -OCH3 is 2. The van der Waals surface area contributed by atoms with Crippen LogP contribution in [0.1, 0.15) is 44.4 Å². The van der Waals surface area contributed by atoms with Crippen LogP contribution in [-0.2, 0) is 11.2 Å². The van der Waals surface area contributed by atoms with Gasteiger partial charge in [-0.05, 0) is 49.1 Å². The normalized spacial score (nSPS) is 12.8. The lowest BCUT2D eigenvalue weighted by Crippen LogP contribution is -2.38. The van der Waals surface area contributed by atoms with Gasteiger partial charge in [-0.25, -0.2) is 0 Å². The Morgan fingerprint density at radius 3 is 2.33 bits per heavy atom. The average Bonchev–Trinajstić information content (AvgIpc) is 2.71. The molecular formula is C22H29NO4. The second kappa shape index (κ2) is 9.86. The zero-order valence-electron chi connectivity index (χ0n) is 16.7. The molecule has 2 aromatic rings. The van der Waals surface area contributed by atoms with Crippen molar-refractivity contribution >= 4 is 5.91 Å². The summed E-state index contributed by atoms with van der Waals surface area (Å²) in [5, 5.41) is 3.07. The molecule has 0 heterocycles. The summed E-state index contributed by atoms with van der Waals surface area (Å²) >= 11 is 0. The van der Waals surface area contributed by atoms with Gasteiger partial charge in [-0.3, -0.25) is 4.79 Å². The number of carbonyl (C=O) groups excluding carboxylic acids is 1. The smallest absolute Gasteiger partial charge is 0.261 e. The minimum absolute atomic E-state index is 0.134. The van der Waals surface area contributed by atoms with E-state index in [1.54, 1.807) is 21.1 Å². The van der Waals surface area contributed by atoms with E-state index in [-0.39, 0.29) is 11.9 Å². The first-order chi connectivity index (χ1) is 13.0. The number of hydrogen-bond donors (Lipinski definition) is 1. The van der Waals surface area contributed by atoms with Gasteiger partial charge in [-0.1, -0.05) is 38.1 Å². The molecule has 5 heteroatoms. The Hall–Kier alpha value is -2.69. The fourth-order valence-corrected chi connectivity index (χ4v) is 2.93. The van der Waals surface area contributed by atoms with Gasteiger partial charge in [0.2, 0.25) is 0 Å². The maximum atomic E-state index is 12.7. The number of hydrogen-bond acceptors (Lipinski definition) is 4. The summed E-state index contributed by atoms with van der Waals surface area (Å²) in [6, 6.07) is 13.3. The Kier molecular flexibility index (Phi) is 7.53. The predicted molar refractivity (Wildman–Crippen MR) is 107 cm³/mol. The Morgan fingerprint density at radius 1 is 1.00 bits per heavy atom. The van der Waals surface area contributed by atoms with E-state index in [9.17, 15) is 4.79 Å². The molecule has 2 atom stereocenters. The zero-order valence-corrected chi connectivity index (χ0v) is 16.7. The third-order valence-corrected chi connectivity index (χ3v) is 4.56. The Bertz CT molecular complexity index is 760. The van der Waals surface area contributed by atoms with Crippen molar-refractivity contribution in [1.29, 1.82) is 0 Å². The van der Waals surface area contributed by atoms with Crippen molar-refractivity contribution in [2.45, 2.75) is 45.8 Å². The van der Waals surface area contributed by atoms with Gasteiger partial charge in [0, 0.05) is 0 Å². The summed E-state index contributed by atoms with van der Waals surface area (Å²) in [6.07, 6.45) is 1.01. The van der Waals surface area contributed by atoms with Gasteiger partial charge in [0.05, 0.1) is 20.3 Å². The van der Waals surface area contributed by atoms with E-state index in [0.717, 1.165) is 29.7 Å². The maximum Gasteiger partial charge on any atom is 0.261 e. The van der Waals surface area contributed by atoms with Crippen LogP contribution >= 0.6 is 0 Å². The zero-order chi connectivity index (χ0) is 19.8. The maximum absolute atomic E-state index is 12.7. The quantitative estimate of drug-likeness (QED) is 0.714. The molecule has 0 saturated carbocycles. The number of ether oxygens (including phenoxy) is 3. The molecule has 1 amide bonds. The van der Waals surface area contributed by atoms with Gasteiger partial charge >= 0.3 is 0 Å². The molecule has 0 aromatic heterocycles. The molecule has 27 heavy (non-hydrogen) atoms. The number of aryl methyl sites for hydroxylation is 1. The van der Waals surface area contributed by atoms with Crippen LogP contribution in [0.4, 0.5) is 0 Å². The second-order valence-electron chi connectivity index (χ2n) is 6.31. The molecule has 0 aliphatic rings. The fraction of sp³-hybridized carbons (Fsp3) is 0.409. The number of carbonyl (C=O) groups is 1. The lowest BCUT2D eigenvalue weighted by Gasteiger charge is -2.22. The standard InChI is InChI=1S/C22H29NO4/c1-6-16-10-8-9-11-19(16)27-15(3)22(24)23-18(7-2)17-12-13-20(25-4)21(14-17)26-5/h8-15,18H,6-7H2,1-5H3,(H,23,24).